The molecule has 4 rings (SSSR count). The molecule has 176 valence electrons. The van der Waals surface area contributed by atoms with Crippen molar-refractivity contribution < 1.29 is 18.0 Å². The normalized spacial score (nSPS) is 10.9. The van der Waals surface area contributed by atoms with E-state index in [0.717, 1.165) is 0 Å². The van der Waals surface area contributed by atoms with Crippen molar-refractivity contribution in [1.29, 1.82) is 0 Å². The van der Waals surface area contributed by atoms with Crippen molar-refractivity contribution in [3.63, 3.8) is 0 Å². The maximum Gasteiger partial charge on any atom is 0.262 e. The van der Waals surface area contributed by atoms with Crippen LogP contribution in [0, 0.1) is 6.92 Å². The second-order valence-corrected chi connectivity index (χ2v) is 9.45. The predicted molar refractivity (Wildman–Crippen MR) is 137 cm³/mol. The predicted octanol–water partition coefficient (Wildman–Crippen LogP) is 5.30. The molecule has 3 N–H and O–H groups in total. The van der Waals surface area contributed by atoms with Gasteiger partial charge in [0.1, 0.15) is 0 Å². The molecule has 0 aliphatic carbocycles. The summed E-state index contributed by atoms with van der Waals surface area (Å²) < 4.78 is 28.7. The van der Waals surface area contributed by atoms with E-state index in [0.29, 0.717) is 28.2 Å². The summed E-state index contributed by atoms with van der Waals surface area (Å²) >= 11 is 0. The van der Waals surface area contributed by atoms with Crippen LogP contribution in [0.1, 0.15) is 26.3 Å². The number of aryl methyl sites for hydroxylation is 1. The Labute approximate surface area is 203 Å². The van der Waals surface area contributed by atoms with Crippen LogP contribution >= 0.6 is 0 Å². The maximum atomic E-state index is 13.1. The van der Waals surface area contributed by atoms with Crippen LogP contribution in [-0.4, -0.2) is 20.2 Å². The van der Waals surface area contributed by atoms with E-state index >= 15 is 0 Å². The van der Waals surface area contributed by atoms with Gasteiger partial charge in [0.2, 0.25) is 0 Å². The van der Waals surface area contributed by atoms with Crippen LogP contribution in [0.3, 0.4) is 0 Å². The van der Waals surface area contributed by atoms with Crippen LogP contribution in [0.2, 0.25) is 0 Å². The highest BCUT2D eigenvalue weighted by molar-refractivity contribution is 7.92. The topological polar surface area (TPSA) is 104 Å². The highest BCUT2D eigenvalue weighted by Gasteiger charge is 2.20. The Kier molecular flexibility index (Phi) is 6.93. The molecule has 0 saturated carbocycles. The summed E-state index contributed by atoms with van der Waals surface area (Å²) in [7, 11) is -3.97. The minimum atomic E-state index is -3.97. The molecule has 0 spiro atoms. The van der Waals surface area contributed by atoms with Gasteiger partial charge in [-0.2, -0.15) is 0 Å². The van der Waals surface area contributed by atoms with Crippen molar-refractivity contribution in [2.75, 3.05) is 15.4 Å². The van der Waals surface area contributed by atoms with E-state index in [1.807, 2.05) is 12.1 Å². The van der Waals surface area contributed by atoms with Crippen molar-refractivity contribution in [2.45, 2.75) is 11.8 Å². The number of anilines is 3. The maximum absolute atomic E-state index is 13.1. The van der Waals surface area contributed by atoms with Gasteiger partial charge in [0, 0.05) is 28.2 Å². The number of amides is 2. The van der Waals surface area contributed by atoms with Crippen LogP contribution in [0.4, 0.5) is 17.1 Å². The minimum absolute atomic E-state index is 0.000307. The highest BCUT2D eigenvalue weighted by atomic mass is 32.2. The highest BCUT2D eigenvalue weighted by Crippen LogP contribution is 2.23. The van der Waals surface area contributed by atoms with Crippen LogP contribution in [-0.2, 0) is 10.0 Å². The molecule has 0 aliphatic heterocycles. The summed E-state index contributed by atoms with van der Waals surface area (Å²) in [6.07, 6.45) is 0. The number of sulfonamides is 1. The lowest BCUT2D eigenvalue weighted by atomic mass is 10.1. The number of rotatable bonds is 7. The average Bonchev–Trinajstić information content (AvgIpc) is 2.86. The second-order valence-electron chi connectivity index (χ2n) is 7.80. The Hall–Kier alpha value is -4.43. The van der Waals surface area contributed by atoms with Crippen LogP contribution in [0.5, 0.6) is 0 Å². The summed E-state index contributed by atoms with van der Waals surface area (Å²) in [5, 5.41) is 5.52. The molecule has 4 aromatic carbocycles. The van der Waals surface area contributed by atoms with Crippen LogP contribution < -0.4 is 15.4 Å². The third-order valence-corrected chi connectivity index (χ3v) is 6.73. The van der Waals surface area contributed by atoms with Gasteiger partial charge < -0.3 is 10.6 Å². The van der Waals surface area contributed by atoms with Crippen LogP contribution in [0.25, 0.3) is 0 Å². The zero-order chi connectivity index (χ0) is 24.8. The molecular weight excluding hydrogens is 462 g/mol. The molecule has 0 fully saturated rings. The lowest BCUT2D eigenvalue weighted by Crippen LogP contribution is -2.17. The molecule has 0 unspecified atom stereocenters. The van der Waals surface area contributed by atoms with Crippen molar-refractivity contribution in [2.24, 2.45) is 0 Å². The molecule has 8 heteroatoms. The van der Waals surface area contributed by atoms with Gasteiger partial charge in [-0.25, -0.2) is 8.42 Å². The van der Waals surface area contributed by atoms with Gasteiger partial charge in [-0.05, 0) is 73.2 Å². The zero-order valence-electron chi connectivity index (χ0n) is 18.9. The van der Waals surface area contributed by atoms with E-state index in [9.17, 15) is 18.0 Å². The fraction of sp³-hybridized carbons (Fsp3) is 0.0370. The van der Waals surface area contributed by atoms with E-state index in [1.54, 1.807) is 91.9 Å². The third kappa shape index (κ3) is 5.93. The van der Waals surface area contributed by atoms with Gasteiger partial charge >= 0.3 is 0 Å². The molecule has 0 aliphatic rings. The first-order valence-corrected chi connectivity index (χ1v) is 12.3. The molecule has 7 nitrogen and oxygen atoms in total. The number of para-hydroxylation sites is 1. The van der Waals surface area contributed by atoms with Crippen molar-refractivity contribution in [3.05, 3.63) is 120 Å². The molecule has 2 amide bonds. The Bertz CT molecular complexity index is 1450. The number of carbonyl (C=O) groups excluding carboxylic acids is 2. The standard InChI is InChI=1S/C27H23N3O4S/c1-19-12-13-21(27(32)28-22-10-6-3-7-11-22)18-25(19)35(33,34)30-24-16-14-23(15-17-24)29-26(31)20-8-4-2-5-9-20/h2-18,30H,1H3,(H,28,32)(H,29,31). The lowest BCUT2D eigenvalue weighted by molar-refractivity contribution is 0.101. The van der Waals surface area contributed by atoms with E-state index in [-0.39, 0.29) is 16.4 Å². The van der Waals surface area contributed by atoms with Crippen LogP contribution in [0.15, 0.2) is 108 Å². The number of benzene rings is 4. The van der Waals surface area contributed by atoms with Gasteiger partial charge in [-0.3, -0.25) is 14.3 Å². The summed E-state index contributed by atoms with van der Waals surface area (Å²) in [4.78, 5) is 24.9. The lowest BCUT2D eigenvalue weighted by Gasteiger charge is -2.13. The Morgan fingerprint density at radius 3 is 1.74 bits per heavy atom. The van der Waals surface area contributed by atoms with Crippen molar-refractivity contribution in [1.82, 2.24) is 0 Å². The van der Waals surface area contributed by atoms with Gasteiger partial charge in [0.25, 0.3) is 21.8 Å². The summed E-state index contributed by atoms with van der Waals surface area (Å²) in [5.41, 5.74) is 2.70. The Balaban J connectivity index is 1.48. The summed E-state index contributed by atoms with van der Waals surface area (Å²) in [5.74, 6) is -0.675. The van der Waals surface area contributed by atoms with Gasteiger partial charge in [-0.15, -0.1) is 0 Å². The SMILES string of the molecule is Cc1ccc(C(=O)Nc2ccccc2)cc1S(=O)(=O)Nc1ccc(NC(=O)c2ccccc2)cc1. The quantitative estimate of drug-likeness (QED) is 0.330. The summed E-state index contributed by atoms with van der Waals surface area (Å²) in [6.45, 7) is 1.66. The second kappa shape index (κ2) is 10.2. The molecule has 0 atom stereocenters. The molecule has 4 aromatic rings. The van der Waals surface area contributed by atoms with Crippen molar-refractivity contribution in [3.8, 4) is 0 Å². The largest absolute Gasteiger partial charge is 0.322 e. The molecule has 0 bridgehead atoms. The Morgan fingerprint density at radius 2 is 1.11 bits per heavy atom. The first-order valence-electron chi connectivity index (χ1n) is 10.8. The number of hydrogen-bond donors (Lipinski definition) is 3. The minimum Gasteiger partial charge on any atom is -0.322 e. The summed E-state index contributed by atoms with van der Waals surface area (Å²) in [6, 6.07) is 28.5. The van der Waals surface area contributed by atoms with E-state index in [2.05, 4.69) is 15.4 Å². The fourth-order valence-electron chi connectivity index (χ4n) is 3.38. The molecule has 0 aromatic heterocycles. The molecule has 0 heterocycles. The Morgan fingerprint density at radius 1 is 0.600 bits per heavy atom. The number of nitrogens with one attached hydrogen (secondary N) is 3. The van der Waals surface area contributed by atoms with Gasteiger partial charge in [0.05, 0.1) is 4.90 Å². The zero-order valence-corrected chi connectivity index (χ0v) is 19.7. The van der Waals surface area contributed by atoms with E-state index in [1.165, 1.54) is 6.07 Å². The van der Waals surface area contributed by atoms with Gasteiger partial charge in [-0.1, -0.05) is 42.5 Å². The van der Waals surface area contributed by atoms with Crippen molar-refractivity contribution >= 4 is 38.9 Å². The first kappa shape index (κ1) is 23.7. The average molecular weight is 486 g/mol. The number of hydrogen-bond acceptors (Lipinski definition) is 4. The molecular formula is C27H23N3O4S. The first-order chi connectivity index (χ1) is 16.8. The number of carbonyl (C=O) groups is 2. The van der Waals surface area contributed by atoms with Gasteiger partial charge in [0.15, 0.2) is 0 Å². The molecule has 0 radical (unpaired) electrons. The smallest absolute Gasteiger partial charge is 0.262 e. The molecule has 0 saturated heterocycles. The molecule has 35 heavy (non-hydrogen) atoms. The van der Waals surface area contributed by atoms with E-state index in [4.69, 9.17) is 0 Å². The monoisotopic (exact) mass is 485 g/mol. The fourth-order valence-corrected chi connectivity index (χ4v) is 4.71. The third-order valence-electron chi connectivity index (χ3n) is 5.20. The van der Waals surface area contributed by atoms with E-state index < -0.39 is 15.9 Å².